The van der Waals surface area contributed by atoms with Crippen LogP contribution >= 0.6 is 23.6 Å². The Morgan fingerprint density at radius 1 is 1.60 bits per heavy atom. The minimum Gasteiger partial charge on any atom is -0.358 e. The van der Waals surface area contributed by atoms with Crippen LogP contribution in [-0.2, 0) is 4.79 Å². The highest BCUT2D eigenvalue weighted by atomic mass is 32.1. The van der Waals surface area contributed by atoms with E-state index in [4.69, 9.17) is 12.2 Å². The maximum absolute atomic E-state index is 11.2. The van der Waals surface area contributed by atoms with E-state index in [2.05, 4.69) is 20.8 Å². The molecule has 1 aromatic rings. The van der Waals surface area contributed by atoms with Gasteiger partial charge in [-0.1, -0.05) is 11.3 Å². The number of aromatic amines is 1. The van der Waals surface area contributed by atoms with E-state index < -0.39 is 0 Å². The third-order valence-corrected chi connectivity index (χ3v) is 3.13. The van der Waals surface area contributed by atoms with Gasteiger partial charge in [-0.25, -0.2) is 0 Å². The molecule has 1 aliphatic rings. The van der Waals surface area contributed by atoms with Crippen LogP contribution in [0.25, 0.3) is 0 Å². The molecule has 0 aromatic carbocycles. The van der Waals surface area contributed by atoms with Crippen molar-refractivity contribution < 1.29 is 4.79 Å². The fourth-order valence-electron chi connectivity index (χ4n) is 1.15. The fraction of sp³-hybridized carbons (Fsp3) is 0.625. The average molecular weight is 244 g/mol. The van der Waals surface area contributed by atoms with E-state index in [1.807, 2.05) is 0 Å². The lowest BCUT2D eigenvalue weighted by Crippen LogP contribution is -2.29. The lowest BCUT2D eigenvalue weighted by atomic mass is 10.4. The van der Waals surface area contributed by atoms with Gasteiger partial charge in [-0.3, -0.25) is 9.89 Å². The summed E-state index contributed by atoms with van der Waals surface area (Å²) in [4.78, 5) is 11.2. The van der Waals surface area contributed by atoms with E-state index in [-0.39, 0.29) is 11.8 Å². The summed E-state index contributed by atoms with van der Waals surface area (Å²) in [5, 5.41) is 13.3. The van der Waals surface area contributed by atoms with Gasteiger partial charge >= 0.3 is 0 Å². The number of H-pyrrole nitrogens is 1. The minimum atomic E-state index is 0.173. The zero-order valence-corrected chi connectivity index (χ0v) is 9.71. The quantitative estimate of drug-likeness (QED) is 0.536. The molecule has 15 heavy (non-hydrogen) atoms. The maximum atomic E-state index is 11.2. The summed E-state index contributed by atoms with van der Waals surface area (Å²) >= 11 is 6.28. The van der Waals surface area contributed by atoms with Crippen molar-refractivity contribution in [2.75, 3.05) is 18.4 Å². The molecule has 0 spiro atoms. The van der Waals surface area contributed by atoms with Gasteiger partial charge in [0.15, 0.2) is 3.95 Å². The molecule has 0 radical (unpaired) electrons. The number of nitrogens with zero attached hydrogens (tertiary/aromatic N) is 1. The maximum Gasteiger partial charge on any atom is 0.223 e. The van der Waals surface area contributed by atoms with Crippen LogP contribution in [0.2, 0.25) is 0 Å². The molecular weight excluding hydrogens is 232 g/mol. The summed E-state index contributed by atoms with van der Waals surface area (Å²) in [6.07, 6.45) is 2.08. The summed E-state index contributed by atoms with van der Waals surface area (Å²) in [6.45, 7) is 1.30. The standard InChI is InChI=1S/C8H12N4OS2/c13-6(5-1-2-5)9-3-4-10-7-11-12-8(14)15-7/h5H,1-4H2,(H,9,13)(H,10,11)(H,12,14). The highest BCUT2D eigenvalue weighted by Gasteiger charge is 2.28. The van der Waals surface area contributed by atoms with Crippen LogP contribution in [0.3, 0.4) is 0 Å². The molecule has 0 unspecified atom stereocenters. The topological polar surface area (TPSA) is 69.8 Å². The highest BCUT2D eigenvalue weighted by Crippen LogP contribution is 2.28. The van der Waals surface area contributed by atoms with Crippen molar-refractivity contribution in [1.29, 1.82) is 0 Å². The van der Waals surface area contributed by atoms with Gasteiger partial charge in [0, 0.05) is 19.0 Å². The van der Waals surface area contributed by atoms with E-state index in [9.17, 15) is 4.79 Å². The molecule has 0 saturated heterocycles. The monoisotopic (exact) mass is 244 g/mol. The first-order chi connectivity index (χ1) is 7.25. The predicted molar refractivity (Wildman–Crippen MR) is 61.5 cm³/mol. The van der Waals surface area contributed by atoms with Crippen LogP contribution in [-0.4, -0.2) is 29.2 Å². The lowest BCUT2D eigenvalue weighted by Gasteiger charge is -2.03. The van der Waals surface area contributed by atoms with Crippen molar-refractivity contribution >= 4 is 34.6 Å². The van der Waals surface area contributed by atoms with Crippen molar-refractivity contribution in [1.82, 2.24) is 15.5 Å². The van der Waals surface area contributed by atoms with Gasteiger partial charge in [-0.2, -0.15) is 0 Å². The smallest absolute Gasteiger partial charge is 0.223 e. The second-order valence-electron chi connectivity index (χ2n) is 3.41. The van der Waals surface area contributed by atoms with Gasteiger partial charge < -0.3 is 10.6 Å². The third-order valence-electron chi connectivity index (χ3n) is 2.09. The van der Waals surface area contributed by atoms with E-state index in [0.717, 1.165) is 18.0 Å². The number of amides is 1. The lowest BCUT2D eigenvalue weighted by molar-refractivity contribution is -0.122. The molecule has 1 heterocycles. The highest BCUT2D eigenvalue weighted by molar-refractivity contribution is 7.73. The van der Waals surface area contributed by atoms with Crippen LogP contribution < -0.4 is 10.6 Å². The van der Waals surface area contributed by atoms with Gasteiger partial charge in [-0.15, -0.1) is 5.10 Å². The second-order valence-corrected chi connectivity index (χ2v) is 5.08. The van der Waals surface area contributed by atoms with Gasteiger partial charge in [0.2, 0.25) is 11.0 Å². The van der Waals surface area contributed by atoms with Gasteiger partial charge in [0.05, 0.1) is 0 Å². The van der Waals surface area contributed by atoms with Crippen LogP contribution in [0.1, 0.15) is 12.8 Å². The molecule has 1 amide bonds. The van der Waals surface area contributed by atoms with Crippen molar-refractivity contribution in [2.45, 2.75) is 12.8 Å². The van der Waals surface area contributed by atoms with Crippen molar-refractivity contribution in [3.05, 3.63) is 3.95 Å². The van der Waals surface area contributed by atoms with E-state index >= 15 is 0 Å². The fourth-order valence-corrected chi connectivity index (χ4v) is 1.97. The van der Waals surface area contributed by atoms with Gasteiger partial charge in [0.1, 0.15) is 0 Å². The number of hydrogen-bond acceptors (Lipinski definition) is 5. The Morgan fingerprint density at radius 3 is 3.00 bits per heavy atom. The molecule has 5 nitrogen and oxygen atoms in total. The number of carbonyl (C=O) groups excluding carboxylic acids is 1. The first-order valence-corrected chi connectivity index (χ1v) is 6.05. The number of carbonyl (C=O) groups is 1. The van der Waals surface area contributed by atoms with Crippen molar-refractivity contribution in [3.8, 4) is 0 Å². The molecule has 3 N–H and O–H groups in total. The molecule has 82 valence electrons. The molecule has 1 aliphatic carbocycles. The molecule has 1 aromatic heterocycles. The Bertz CT molecular complexity index is 395. The zero-order chi connectivity index (χ0) is 10.7. The van der Waals surface area contributed by atoms with E-state index in [1.54, 1.807) is 0 Å². The van der Waals surface area contributed by atoms with Gasteiger partial charge in [-0.05, 0) is 25.1 Å². The Labute approximate surface area is 96.3 Å². The zero-order valence-electron chi connectivity index (χ0n) is 8.08. The van der Waals surface area contributed by atoms with Crippen LogP contribution in [0.15, 0.2) is 0 Å². The van der Waals surface area contributed by atoms with Crippen molar-refractivity contribution in [2.24, 2.45) is 5.92 Å². The molecule has 2 rings (SSSR count). The number of aromatic nitrogens is 2. The first-order valence-electron chi connectivity index (χ1n) is 4.83. The first kappa shape index (κ1) is 10.6. The molecule has 0 atom stereocenters. The average Bonchev–Trinajstić information content (AvgIpc) is 2.98. The minimum absolute atomic E-state index is 0.173. The normalized spacial score (nSPS) is 14.9. The molecule has 7 heteroatoms. The Kier molecular flexibility index (Phi) is 3.32. The van der Waals surface area contributed by atoms with Crippen LogP contribution in [0.5, 0.6) is 0 Å². The number of hydrogen-bond donors (Lipinski definition) is 3. The summed E-state index contributed by atoms with van der Waals surface area (Å²) in [6, 6.07) is 0. The van der Waals surface area contributed by atoms with Crippen molar-refractivity contribution in [3.63, 3.8) is 0 Å². The molecular formula is C8H12N4OS2. The van der Waals surface area contributed by atoms with E-state index in [0.29, 0.717) is 17.0 Å². The SMILES string of the molecule is O=C(NCCNc1n[nH]c(=S)s1)C1CC1. The summed E-state index contributed by atoms with van der Waals surface area (Å²) in [5.41, 5.74) is 0. The van der Waals surface area contributed by atoms with E-state index in [1.165, 1.54) is 11.3 Å². The second kappa shape index (κ2) is 4.71. The Hall–Kier alpha value is -0.950. The number of anilines is 1. The molecule has 1 fully saturated rings. The molecule has 1 saturated carbocycles. The Balaban J connectivity index is 1.62. The third kappa shape index (κ3) is 3.28. The number of rotatable bonds is 5. The van der Waals surface area contributed by atoms with Crippen LogP contribution in [0, 0.1) is 9.87 Å². The summed E-state index contributed by atoms with van der Waals surface area (Å²) in [7, 11) is 0. The summed E-state index contributed by atoms with van der Waals surface area (Å²) < 4.78 is 0.652. The largest absolute Gasteiger partial charge is 0.358 e. The van der Waals surface area contributed by atoms with Gasteiger partial charge in [0.25, 0.3) is 0 Å². The predicted octanol–water partition coefficient (Wildman–Crippen LogP) is 1.14. The van der Waals surface area contributed by atoms with Crippen LogP contribution in [0.4, 0.5) is 5.13 Å². The molecule has 0 aliphatic heterocycles. The molecule has 0 bridgehead atoms. The summed E-state index contributed by atoms with van der Waals surface area (Å²) in [5.74, 6) is 0.448. The number of nitrogens with one attached hydrogen (secondary N) is 3. The Morgan fingerprint density at radius 2 is 2.40 bits per heavy atom.